The predicted octanol–water partition coefficient (Wildman–Crippen LogP) is 6.98. The SMILES string of the molecule is CCCCCCCCCCCCCCCCCC(=O)[O-].ClC(Cl)Cl. The number of halogens is 3. The highest BCUT2D eigenvalue weighted by molar-refractivity contribution is 6.63. The van der Waals surface area contributed by atoms with Gasteiger partial charge in [-0.3, -0.25) is 0 Å². The second-order valence-corrected chi connectivity index (χ2v) is 8.30. The van der Waals surface area contributed by atoms with Gasteiger partial charge in [0.1, 0.15) is 0 Å². The van der Waals surface area contributed by atoms with Gasteiger partial charge in [0.2, 0.25) is 0 Å². The van der Waals surface area contributed by atoms with Crippen molar-refractivity contribution in [1.82, 2.24) is 0 Å². The number of carbonyl (C=O) groups excluding carboxylic acids is 1. The zero-order valence-corrected chi connectivity index (χ0v) is 17.6. The van der Waals surface area contributed by atoms with E-state index in [1.54, 1.807) is 0 Å². The van der Waals surface area contributed by atoms with Crippen LogP contribution in [-0.2, 0) is 4.79 Å². The van der Waals surface area contributed by atoms with Gasteiger partial charge in [-0.2, -0.15) is 0 Å². The number of hydrogen-bond donors (Lipinski definition) is 0. The molecule has 146 valence electrons. The molecule has 24 heavy (non-hydrogen) atoms. The molecule has 2 nitrogen and oxygen atoms in total. The molecule has 0 aliphatic heterocycles. The fourth-order valence-electron chi connectivity index (χ4n) is 2.64. The van der Waals surface area contributed by atoms with Crippen molar-refractivity contribution in [2.75, 3.05) is 0 Å². The van der Waals surface area contributed by atoms with Crippen LogP contribution >= 0.6 is 34.8 Å². The first-order valence-corrected chi connectivity index (χ1v) is 10.9. The van der Waals surface area contributed by atoms with E-state index in [2.05, 4.69) is 6.92 Å². The van der Waals surface area contributed by atoms with E-state index in [4.69, 9.17) is 34.8 Å². The summed E-state index contributed by atoms with van der Waals surface area (Å²) in [5, 5.41) is 10.2. The van der Waals surface area contributed by atoms with Crippen LogP contribution < -0.4 is 5.11 Å². The summed E-state index contributed by atoms with van der Waals surface area (Å²) in [5.41, 5.74) is 0. The van der Waals surface area contributed by atoms with Gasteiger partial charge in [0.15, 0.2) is 4.30 Å². The summed E-state index contributed by atoms with van der Waals surface area (Å²) in [6.07, 6.45) is 19.9. The highest BCUT2D eigenvalue weighted by Crippen LogP contribution is 2.13. The van der Waals surface area contributed by atoms with E-state index < -0.39 is 10.3 Å². The normalized spacial score (nSPS) is 10.5. The summed E-state index contributed by atoms with van der Waals surface area (Å²) >= 11 is 14.4. The van der Waals surface area contributed by atoms with E-state index in [0.717, 1.165) is 12.8 Å². The number of carbonyl (C=O) groups is 1. The highest BCUT2D eigenvalue weighted by Gasteiger charge is 1.94. The van der Waals surface area contributed by atoms with E-state index in [0.29, 0.717) is 0 Å². The Labute approximate surface area is 164 Å². The first-order chi connectivity index (χ1) is 11.5. The molecule has 0 fully saturated rings. The second-order valence-electron chi connectivity index (χ2n) is 6.32. The van der Waals surface area contributed by atoms with Gasteiger partial charge in [-0.15, -0.1) is 0 Å². The molecule has 0 aromatic heterocycles. The van der Waals surface area contributed by atoms with Crippen LogP contribution in [0.3, 0.4) is 0 Å². The maximum Gasteiger partial charge on any atom is 0.180 e. The Balaban J connectivity index is 0. The Kier molecular flexibility index (Phi) is 25.8. The van der Waals surface area contributed by atoms with E-state index in [1.807, 2.05) is 0 Å². The van der Waals surface area contributed by atoms with Crippen molar-refractivity contribution in [3.8, 4) is 0 Å². The minimum atomic E-state index is -0.903. The number of carboxylic acid groups (broad SMARTS) is 1. The predicted molar refractivity (Wildman–Crippen MR) is 106 cm³/mol. The van der Waals surface area contributed by atoms with E-state index >= 15 is 0 Å². The van der Waals surface area contributed by atoms with Gasteiger partial charge in [-0.1, -0.05) is 132 Å². The number of rotatable bonds is 16. The highest BCUT2D eigenvalue weighted by atomic mass is 35.6. The Morgan fingerprint density at radius 2 is 0.917 bits per heavy atom. The molecule has 0 atom stereocenters. The molecule has 0 bridgehead atoms. The molecular formula is C19H36Cl3O2-. The summed E-state index contributed by atoms with van der Waals surface area (Å²) in [6, 6.07) is 0. The van der Waals surface area contributed by atoms with Gasteiger partial charge in [-0.05, 0) is 12.8 Å². The van der Waals surface area contributed by atoms with E-state index in [-0.39, 0.29) is 6.42 Å². The molecule has 0 aromatic rings. The fourth-order valence-corrected chi connectivity index (χ4v) is 2.64. The lowest BCUT2D eigenvalue weighted by atomic mass is 10.0. The maximum absolute atomic E-state index is 10.2. The van der Waals surface area contributed by atoms with Crippen LogP contribution in [0.5, 0.6) is 0 Å². The third kappa shape index (κ3) is 33.8. The molecule has 0 amide bonds. The standard InChI is InChI=1S/C18H36O2.CHCl3/c1-2-3-4-5-6-7-8-9-10-11-12-13-14-15-16-17-18(19)20;2-1(3)4/h2-17H2,1H3,(H,19,20);1H/p-1. The van der Waals surface area contributed by atoms with Crippen LogP contribution in [0.2, 0.25) is 0 Å². The Hall–Kier alpha value is 0.340. The lowest BCUT2D eigenvalue weighted by Gasteiger charge is -2.04. The molecule has 0 aliphatic carbocycles. The van der Waals surface area contributed by atoms with Crippen molar-refractivity contribution >= 4 is 40.8 Å². The average molecular weight is 403 g/mol. The molecule has 0 heterocycles. The third-order valence-electron chi connectivity index (χ3n) is 3.98. The van der Waals surface area contributed by atoms with Crippen molar-refractivity contribution in [2.45, 2.75) is 114 Å². The first-order valence-electron chi connectivity index (χ1n) is 9.62. The fraction of sp³-hybridized carbons (Fsp3) is 0.947. The minimum absolute atomic E-state index is 0.234. The quantitative estimate of drug-likeness (QED) is 0.206. The molecular weight excluding hydrogens is 367 g/mol. The molecule has 0 aromatic carbocycles. The number of aliphatic carboxylic acids is 1. The van der Waals surface area contributed by atoms with Crippen LogP contribution in [0, 0.1) is 0 Å². The number of alkyl halides is 3. The zero-order valence-electron chi connectivity index (χ0n) is 15.3. The second kappa shape index (κ2) is 23.3. The Morgan fingerprint density at radius 3 is 1.17 bits per heavy atom. The summed E-state index contributed by atoms with van der Waals surface area (Å²) in [7, 11) is 0. The van der Waals surface area contributed by atoms with Crippen LogP contribution in [0.4, 0.5) is 0 Å². The van der Waals surface area contributed by atoms with Gasteiger partial charge in [0.05, 0.1) is 0 Å². The molecule has 5 heteroatoms. The summed E-state index contributed by atoms with van der Waals surface area (Å²) in [5.74, 6) is -0.903. The molecule has 0 spiro atoms. The Bertz CT molecular complexity index is 246. The largest absolute Gasteiger partial charge is 0.550 e. The molecule has 0 radical (unpaired) electrons. The van der Waals surface area contributed by atoms with E-state index in [1.165, 1.54) is 83.5 Å². The van der Waals surface area contributed by atoms with Gasteiger partial charge in [-0.25, -0.2) is 0 Å². The summed E-state index contributed by atoms with van der Waals surface area (Å²) < 4.78 is -0.750. The van der Waals surface area contributed by atoms with Crippen molar-refractivity contribution < 1.29 is 9.90 Å². The minimum Gasteiger partial charge on any atom is -0.550 e. The van der Waals surface area contributed by atoms with Gasteiger partial charge >= 0.3 is 0 Å². The molecule has 0 rings (SSSR count). The topological polar surface area (TPSA) is 40.1 Å². The van der Waals surface area contributed by atoms with Crippen LogP contribution in [0.1, 0.15) is 110 Å². The van der Waals surface area contributed by atoms with E-state index in [9.17, 15) is 9.90 Å². The van der Waals surface area contributed by atoms with Gasteiger partial charge in [0, 0.05) is 5.97 Å². The maximum atomic E-state index is 10.2. The molecule has 0 unspecified atom stereocenters. The van der Waals surface area contributed by atoms with Crippen molar-refractivity contribution in [3.05, 3.63) is 0 Å². The molecule has 0 saturated carbocycles. The molecule has 0 N–H and O–H groups in total. The van der Waals surface area contributed by atoms with Gasteiger partial charge < -0.3 is 9.90 Å². The third-order valence-corrected chi connectivity index (χ3v) is 3.98. The van der Waals surface area contributed by atoms with Crippen LogP contribution in [-0.4, -0.2) is 10.3 Å². The Morgan fingerprint density at radius 1 is 0.667 bits per heavy atom. The van der Waals surface area contributed by atoms with Gasteiger partial charge in [0.25, 0.3) is 0 Å². The lowest BCUT2D eigenvalue weighted by Crippen LogP contribution is -2.21. The van der Waals surface area contributed by atoms with Crippen molar-refractivity contribution in [1.29, 1.82) is 0 Å². The first kappa shape index (κ1) is 26.6. The zero-order chi connectivity index (χ0) is 18.5. The van der Waals surface area contributed by atoms with Crippen LogP contribution in [0.15, 0.2) is 0 Å². The summed E-state index contributed by atoms with van der Waals surface area (Å²) in [4.78, 5) is 10.2. The lowest BCUT2D eigenvalue weighted by molar-refractivity contribution is -0.305. The van der Waals surface area contributed by atoms with Crippen molar-refractivity contribution in [3.63, 3.8) is 0 Å². The average Bonchev–Trinajstić information content (AvgIpc) is 2.50. The number of carboxylic acids is 1. The van der Waals surface area contributed by atoms with Crippen molar-refractivity contribution in [2.24, 2.45) is 0 Å². The molecule has 0 saturated heterocycles. The number of unbranched alkanes of at least 4 members (excludes halogenated alkanes) is 14. The monoisotopic (exact) mass is 401 g/mol. The number of hydrogen-bond acceptors (Lipinski definition) is 2. The smallest absolute Gasteiger partial charge is 0.180 e. The van der Waals surface area contributed by atoms with Crippen LogP contribution in [0.25, 0.3) is 0 Å². The summed E-state index contributed by atoms with van der Waals surface area (Å²) in [6.45, 7) is 2.27. The molecule has 0 aliphatic rings.